The van der Waals surface area contributed by atoms with E-state index in [4.69, 9.17) is 23.2 Å². The van der Waals surface area contributed by atoms with Crippen LogP contribution in [0.5, 0.6) is 0 Å². The molecular weight excluding hydrogens is 265 g/mol. The van der Waals surface area contributed by atoms with Crippen LogP contribution in [0.15, 0.2) is 18.2 Å². The molecule has 1 atom stereocenters. The lowest BCUT2D eigenvalue weighted by molar-refractivity contribution is 0.362. The van der Waals surface area contributed by atoms with E-state index < -0.39 is 0 Å². The number of benzene rings is 1. The summed E-state index contributed by atoms with van der Waals surface area (Å²) < 4.78 is 0. The molecule has 1 unspecified atom stereocenters. The quantitative estimate of drug-likeness (QED) is 0.827. The summed E-state index contributed by atoms with van der Waals surface area (Å²) in [4.78, 5) is 0. The van der Waals surface area contributed by atoms with Crippen molar-refractivity contribution in [3.8, 4) is 0 Å². The molecule has 0 bridgehead atoms. The number of likely N-dealkylation sites (N-methyl/N-ethyl adjacent to an activating group) is 1. The van der Waals surface area contributed by atoms with E-state index in [9.17, 15) is 0 Å². The summed E-state index contributed by atoms with van der Waals surface area (Å²) in [6, 6.07) is 6.47. The fourth-order valence-corrected chi connectivity index (χ4v) is 3.37. The van der Waals surface area contributed by atoms with Crippen LogP contribution in [0.25, 0.3) is 0 Å². The summed E-state index contributed by atoms with van der Waals surface area (Å²) in [6.07, 6.45) is 6.41. The SMILES string of the molecule is CCNC(Cc1cccc(Cl)c1Cl)C1CCCC1. The van der Waals surface area contributed by atoms with Gasteiger partial charge >= 0.3 is 0 Å². The molecule has 1 saturated carbocycles. The van der Waals surface area contributed by atoms with Crippen LogP contribution in [0.4, 0.5) is 0 Å². The predicted octanol–water partition coefficient (Wildman–Crippen LogP) is 4.70. The molecule has 0 amide bonds. The number of hydrogen-bond acceptors (Lipinski definition) is 1. The molecule has 1 aromatic carbocycles. The van der Waals surface area contributed by atoms with E-state index in [2.05, 4.69) is 18.3 Å². The molecule has 3 heteroatoms. The minimum atomic E-state index is 0.536. The number of halogens is 2. The molecular formula is C15H21Cl2N. The van der Waals surface area contributed by atoms with Gasteiger partial charge in [0.25, 0.3) is 0 Å². The molecule has 1 aliphatic carbocycles. The lowest BCUT2D eigenvalue weighted by Gasteiger charge is -2.25. The number of rotatable bonds is 5. The highest BCUT2D eigenvalue weighted by Crippen LogP contribution is 2.32. The first kappa shape index (κ1) is 14.2. The molecule has 0 aromatic heterocycles. The Morgan fingerprint density at radius 1 is 1.28 bits per heavy atom. The molecule has 0 saturated heterocycles. The van der Waals surface area contributed by atoms with Crippen molar-refractivity contribution in [1.82, 2.24) is 5.32 Å². The second kappa shape index (κ2) is 6.79. The molecule has 0 spiro atoms. The Morgan fingerprint density at radius 2 is 2.00 bits per heavy atom. The maximum absolute atomic E-state index is 6.28. The Labute approximate surface area is 120 Å². The summed E-state index contributed by atoms with van der Waals surface area (Å²) in [5.74, 6) is 0.792. The van der Waals surface area contributed by atoms with E-state index in [1.807, 2.05) is 12.1 Å². The first-order valence-corrected chi connectivity index (χ1v) is 7.64. The standard InChI is InChI=1S/C15H21Cl2N/c1-2-18-14(11-6-3-4-7-11)10-12-8-5-9-13(16)15(12)17/h5,8-9,11,14,18H,2-4,6-7,10H2,1H3. The van der Waals surface area contributed by atoms with Crippen molar-refractivity contribution in [3.63, 3.8) is 0 Å². The Bertz CT molecular complexity index is 386. The lowest BCUT2D eigenvalue weighted by atomic mass is 9.92. The van der Waals surface area contributed by atoms with Gasteiger partial charge in [0.2, 0.25) is 0 Å². The van der Waals surface area contributed by atoms with Gasteiger partial charge < -0.3 is 5.32 Å². The zero-order chi connectivity index (χ0) is 13.0. The van der Waals surface area contributed by atoms with Gasteiger partial charge in [0.05, 0.1) is 10.0 Å². The van der Waals surface area contributed by atoms with E-state index in [1.165, 1.54) is 31.2 Å². The monoisotopic (exact) mass is 285 g/mol. The summed E-state index contributed by atoms with van der Waals surface area (Å²) in [6.45, 7) is 3.18. The fraction of sp³-hybridized carbons (Fsp3) is 0.600. The minimum Gasteiger partial charge on any atom is -0.314 e. The van der Waals surface area contributed by atoms with Gasteiger partial charge in [0, 0.05) is 6.04 Å². The van der Waals surface area contributed by atoms with Crippen LogP contribution < -0.4 is 5.32 Å². The largest absolute Gasteiger partial charge is 0.314 e. The van der Waals surface area contributed by atoms with Crippen LogP contribution in [0.2, 0.25) is 10.0 Å². The zero-order valence-corrected chi connectivity index (χ0v) is 12.4. The average molecular weight is 286 g/mol. The highest BCUT2D eigenvalue weighted by Gasteiger charge is 2.25. The highest BCUT2D eigenvalue weighted by atomic mass is 35.5. The second-order valence-electron chi connectivity index (χ2n) is 5.13. The third-order valence-corrected chi connectivity index (χ3v) is 4.76. The molecule has 1 nitrogen and oxygen atoms in total. The lowest BCUT2D eigenvalue weighted by Crippen LogP contribution is -2.37. The maximum atomic E-state index is 6.28. The molecule has 18 heavy (non-hydrogen) atoms. The van der Waals surface area contributed by atoms with E-state index in [1.54, 1.807) is 0 Å². The molecule has 100 valence electrons. The van der Waals surface area contributed by atoms with Crippen LogP contribution in [0, 0.1) is 5.92 Å². The molecule has 1 N–H and O–H groups in total. The average Bonchev–Trinajstić information content (AvgIpc) is 2.88. The number of nitrogens with one attached hydrogen (secondary N) is 1. The van der Waals surface area contributed by atoms with Gasteiger partial charge in [0.15, 0.2) is 0 Å². The maximum Gasteiger partial charge on any atom is 0.0624 e. The third kappa shape index (κ3) is 3.40. The molecule has 0 aliphatic heterocycles. The van der Waals surface area contributed by atoms with E-state index in [0.717, 1.165) is 23.9 Å². The van der Waals surface area contributed by atoms with Crippen molar-refractivity contribution in [2.24, 2.45) is 5.92 Å². The van der Waals surface area contributed by atoms with Gasteiger partial charge in [-0.05, 0) is 43.4 Å². The van der Waals surface area contributed by atoms with E-state index >= 15 is 0 Å². The van der Waals surface area contributed by atoms with Crippen LogP contribution >= 0.6 is 23.2 Å². The summed E-state index contributed by atoms with van der Waals surface area (Å²) in [7, 11) is 0. The van der Waals surface area contributed by atoms with E-state index in [0.29, 0.717) is 11.1 Å². The molecule has 1 aromatic rings. The summed E-state index contributed by atoms with van der Waals surface area (Å²) in [5.41, 5.74) is 1.17. The van der Waals surface area contributed by atoms with Crippen LogP contribution in [-0.4, -0.2) is 12.6 Å². The summed E-state index contributed by atoms with van der Waals surface area (Å²) in [5, 5.41) is 5.00. The summed E-state index contributed by atoms with van der Waals surface area (Å²) >= 11 is 12.4. The fourth-order valence-electron chi connectivity index (χ4n) is 2.97. The van der Waals surface area contributed by atoms with Crippen molar-refractivity contribution in [3.05, 3.63) is 33.8 Å². The zero-order valence-electron chi connectivity index (χ0n) is 10.9. The Morgan fingerprint density at radius 3 is 2.67 bits per heavy atom. The second-order valence-corrected chi connectivity index (χ2v) is 5.91. The number of hydrogen-bond donors (Lipinski definition) is 1. The molecule has 2 rings (SSSR count). The normalized spacial score (nSPS) is 18.2. The van der Waals surface area contributed by atoms with Crippen molar-refractivity contribution < 1.29 is 0 Å². The molecule has 1 fully saturated rings. The van der Waals surface area contributed by atoms with Gasteiger partial charge in [0.1, 0.15) is 0 Å². The molecule has 0 heterocycles. The van der Waals surface area contributed by atoms with Gasteiger partial charge in [-0.1, -0.05) is 55.1 Å². The van der Waals surface area contributed by atoms with Crippen LogP contribution in [0.1, 0.15) is 38.2 Å². The predicted molar refractivity (Wildman–Crippen MR) is 79.6 cm³/mol. The smallest absolute Gasteiger partial charge is 0.0624 e. The van der Waals surface area contributed by atoms with Crippen molar-refractivity contribution >= 4 is 23.2 Å². The van der Waals surface area contributed by atoms with Crippen molar-refractivity contribution in [1.29, 1.82) is 0 Å². The Hall–Kier alpha value is -0.240. The first-order chi connectivity index (χ1) is 8.72. The highest BCUT2D eigenvalue weighted by molar-refractivity contribution is 6.42. The topological polar surface area (TPSA) is 12.0 Å². The van der Waals surface area contributed by atoms with Gasteiger partial charge in [-0.25, -0.2) is 0 Å². The van der Waals surface area contributed by atoms with Crippen LogP contribution in [-0.2, 0) is 6.42 Å². The van der Waals surface area contributed by atoms with Crippen LogP contribution in [0.3, 0.4) is 0 Å². The Balaban J connectivity index is 2.10. The molecule has 0 radical (unpaired) electrons. The first-order valence-electron chi connectivity index (χ1n) is 6.88. The molecule has 1 aliphatic rings. The van der Waals surface area contributed by atoms with Crippen molar-refractivity contribution in [2.45, 2.75) is 45.1 Å². The van der Waals surface area contributed by atoms with Gasteiger partial charge in [-0.15, -0.1) is 0 Å². The Kier molecular flexibility index (Phi) is 5.35. The van der Waals surface area contributed by atoms with E-state index in [-0.39, 0.29) is 0 Å². The minimum absolute atomic E-state index is 0.536. The third-order valence-electron chi connectivity index (χ3n) is 3.91. The van der Waals surface area contributed by atoms with Gasteiger partial charge in [-0.3, -0.25) is 0 Å². The van der Waals surface area contributed by atoms with Gasteiger partial charge in [-0.2, -0.15) is 0 Å². The van der Waals surface area contributed by atoms with Crippen molar-refractivity contribution in [2.75, 3.05) is 6.54 Å².